The quantitative estimate of drug-likeness (QED) is 0.766. The van der Waals surface area contributed by atoms with Crippen molar-refractivity contribution in [3.8, 4) is 0 Å². The second-order valence-corrected chi connectivity index (χ2v) is 6.14. The molecule has 0 N–H and O–H groups in total. The summed E-state index contributed by atoms with van der Waals surface area (Å²) in [6, 6.07) is 4.93. The fourth-order valence-electron chi connectivity index (χ4n) is 3.51. The maximum Gasteiger partial charge on any atom is 0.410 e. The van der Waals surface area contributed by atoms with Gasteiger partial charge in [-0.1, -0.05) is 12.1 Å². The van der Waals surface area contributed by atoms with Crippen LogP contribution in [0.5, 0.6) is 0 Å². The molecule has 2 heterocycles. The van der Waals surface area contributed by atoms with Crippen LogP contribution in [0.2, 0.25) is 0 Å². The van der Waals surface area contributed by atoms with Crippen LogP contribution in [0.1, 0.15) is 31.5 Å². The van der Waals surface area contributed by atoms with Gasteiger partial charge >= 0.3 is 12.1 Å². The molecule has 0 radical (unpaired) electrons. The van der Waals surface area contributed by atoms with Gasteiger partial charge in [0, 0.05) is 36.2 Å². The molecule has 1 aromatic heterocycles. The van der Waals surface area contributed by atoms with E-state index in [1.54, 1.807) is 24.8 Å². The van der Waals surface area contributed by atoms with E-state index in [2.05, 4.69) is 0 Å². The van der Waals surface area contributed by atoms with Gasteiger partial charge in [-0.3, -0.25) is 4.79 Å². The number of benzene rings is 1. The molecule has 140 valence electrons. The summed E-state index contributed by atoms with van der Waals surface area (Å²) in [5.74, 6) is -0.633. The number of carbonyl (C=O) groups is 2. The Hall–Kier alpha value is -2.57. The lowest BCUT2D eigenvalue weighted by molar-refractivity contribution is -0.143. The molecule has 0 spiro atoms. The Morgan fingerprint density at radius 1 is 1.19 bits per heavy atom. The van der Waals surface area contributed by atoms with Gasteiger partial charge in [0.25, 0.3) is 0 Å². The Morgan fingerprint density at radius 2 is 1.96 bits per heavy atom. The van der Waals surface area contributed by atoms with E-state index in [0.29, 0.717) is 44.8 Å². The van der Waals surface area contributed by atoms with Crippen LogP contribution in [0.3, 0.4) is 0 Å². The normalized spacial score (nSPS) is 13.6. The number of carbonyl (C=O) groups excluding carboxylic acids is 2. The van der Waals surface area contributed by atoms with Crippen molar-refractivity contribution in [2.45, 2.75) is 39.8 Å². The summed E-state index contributed by atoms with van der Waals surface area (Å²) in [6.45, 7) is 5.40. The standard InChI is InChI=1S/C19H23FN2O4/c1-3-25-17(23)9-11-22-16-8-10-21(19(24)26-4-2)12-14(16)13-6-5-7-15(20)18(13)22/h5-7H,3-4,8-12H2,1-2H3. The van der Waals surface area contributed by atoms with Crippen molar-refractivity contribution < 1.29 is 23.5 Å². The Labute approximate surface area is 151 Å². The maximum atomic E-state index is 14.5. The molecule has 3 rings (SSSR count). The third-order valence-electron chi connectivity index (χ3n) is 4.59. The van der Waals surface area contributed by atoms with Gasteiger partial charge in [-0.2, -0.15) is 0 Å². The van der Waals surface area contributed by atoms with Gasteiger partial charge in [-0.05, 0) is 19.9 Å². The Balaban J connectivity index is 1.96. The number of halogens is 1. The maximum absolute atomic E-state index is 14.5. The number of fused-ring (bicyclic) bond motifs is 3. The van der Waals surface area contributed by atoms with Gasteiger partial charge < -0.3 is 18.9 Å². The highest BCUT2D eigenvalue weighted by Gasteiger charge is 2.28. The largest absolute Gasteiger partial charge is 0.466 e. The smallest absolute Gasteiger partial charge is 0.410 e. The number of ether oxygens (including phenoxy) is 2. The molecular weight excluding hydrogens is 339 g/mol. The second-order valence-electron chi connectivity index (χ2n) is 6.14. The minimum atomic E-state index is -0.359. The summed E-state index contributed by atoms with van der Waals surface area (Å²) in [4.78, 5) is 25.4. The van der Waals surface area contributed by atoms with Crippen molar-refractivity contribution >= 4 is 23.0 Å². The van der Waals surface area contributed by atoms with E-state index in [1.807, 2.05) is 10.6 Å². The van der Waals surface area contributed by atoms with Crippen molar-refractivity contribution in [1.29, 1.82) is 0 Å². The molecule has 1 amide bonds. The summed E-state index contributed by atoms with van der Waals surface area (Å²) >= 11 is 0. The van der Waals surface area contributed by atoms with Crippen LogP contribution in [-0.4, -0.2) is 41.3 Å². The van der Waals surface area contributed by atoms with Crippen LogP contribution in [0, 0.1) is 5.82 Å². The number of hydrogen-bond acceptors (Lipinski definition) is 4. The van der Waals surface area contributed by atoms with Crippen molar-refractivity contribution in [1.82, 2.24) is 9.47 Å². The van der Waals surface area contributed by atoms with E-state index in [1.165, 1.54) is 6.07 Å². The molecule has 0 fully saturated rings. The summed E-state index contributed by atoms with van der Waals surface area (Å²) in [5, 5.41) is 0.776. The van der Waals surface area contributed by atoms with Crippen LogP contribution in [0.4, 0.5) is 9.18 Å². The Morgan fingerprint density at radius 3 is 2.69 bits per heavy atom. The van der Waals surface area contributed by atoms with Crippen molar-refractivity contribution in [3.05, 3.63) is 35.3 Å². The third-order valence-corrected chi connectivity index (χ3v) is 4.59. The lowest BCUT2D eigenvalue weighted by Gasteiger charge is -2.27. The molecule has 26 heavy (non-hydrogen) atoms. The number of rotatable bonds is 5. The van der Waals surface area contributed by atoms with Crippen molar-refractivity contribution in [2.75, 3.05) is 19.8 Å². The minimum Gasteiger partial charge on any atom is -0.466 e. The summed E-state index contributed by atoms with van der Waals surface area (Å²) in [5.41, 5.74) is 2.37. The van der Waals surface area contributed by atoms with E-state index in [4.69, 9.17) is 9.47 Å². The summed E-state index contributed by atoms with van der Waals surface area (Å²) in [7, 11) is 0. The zero-order chi connectivity index (χ0) is 18.7. The number of nitrogens with zero attached hydrogens (tertiary/aromatic N) is 2. The average molecular weight is 362 g/mol. The fraction of sp³-hybridized carbons (Fsp3) is 0.474. The van der Waals surface area contributed by atoms with Crippen LogP contribution < -0.4 is 0 Å². The molecular formula is C19H23FN2O4. The first kappa shape index (κ1) is 18.2. The fourth-order valence-corrected chi connectivity index (χ4v) is 3.51. The Kier molecular flexibility index (Phi) is 5.44. The van der Waals surface area contributed by atoms with Crippen LogP contribution in [-0.2, 0) is 33.8 Å². The van der Waals surface area contributed by atoms with Gasteiger partial charge in [0.15, 0.2) is 0 Å². The van der Waals surface area contributed by atoms with Crippen LogP contribution in [0.25, 0.3) is 10.9 Å². The molecule has 2 aromatic rings. The van der Waals surface area contributed by atoms with E-state index in [-0.39, 0.29) is 24.3 Å². The molecule has 0 aliphatic carbocycles. The number of esters is 1. The number of para-hydroxylation sites is 1. The molecule has 0 saturated carbocycles. The highest BCUT2D eigenvalue weighted by molar-refractivity contribution is 5.87. The number of aromatic nitrogens is 1. The zero-order valence-corrected chi connectivity index (χ0v) is 15.1. The highest BCUT2D eigenvalue weighted by Crippen LogP contribution is 2.33. The number of amides is 1. The first-order valence-corrected chi connectivity index (χ1v) is 8.92. The first-order chi connectivity index (χ1) is 12.6. The van der Waals surface area contributed by atoms with Gasteiger partial charge in [-0.25, -0.2) is 9.18 Å². The average Bonchev–Trinajstić information content (AvgIpc) is 2.95. The monoisotopic (exact) mass is 362 g/mol. The molecule has 0 atom stereocenters. The van der Waals surface area contributed by atoms with Gasteiger partial charge in [0.2, 0.25) is 0 Å². The van der Waals surface area contributed by atoms with E-state index in [9.17, 15) is 14.0 Å². The molecule has 6 nitrogen and oxygen atoms in total. The first-order valence-electron chi connectivity index (χ1n) is 8.92. The lowest BCUT2D eigenvalue weighted by atomic mass is 10.0. The lowest BCUT2D eigenvalue weighted by Crippen LogP contribution is -2.36. The topological polar surface area (TPSA) is 60.8 Å². The summed E-state index contributed by atoms with van der Waals surface area (Å²) < 4.78 is 26.5. The van der Waals surface area contributed by atoms with E-state index in [0.717, 1.165) is 16.6 Å². The molecule has 0 saturated heterocycles. The molecule has 1 aliphatic rings. The van der Waals surface area contributed by atoms with Gasteiger partial charge in [0.1, 0.15) is 5.82 Å². The van der Waals surface area contributed by atoms with Crippen molar-refractivity contribution in [3.63, 3.8) is 0 Å². The molecule has 1 aromatic carbocycles. The van der Waals surface area contributed by atoms with E-state index < -0.39 is 0 Å². The SMILES string of the molecule is CCOC(=O)CCn1c2c(c3cccc(F)c31)CN(C(=O)OCC)CC2. The van der Waals surface area contributed by atoms with Crippen LogP contribution in [0.15, 0.2) is 18.2 Å². The minimum absolute atomic E-state index is 0.181. The highest BCUT2D eigenvalue weighted by atomic mass is 19.1. The third kappa shape index (κ3) is 3.38. The summed E-state index contributed by atoms with van der Waals surface area (Å²) in [6.07, 6.45) is 0.410. The number of hydrogen-bond donors (Lipinski definition) is 0. The van der Waals surface area contributed by atoms with E-state index >= 15 is 0 Å². The van der Waals surface area contributed by atoms with Crippen molar-refractivity contribution in [2.24, 2.45) is 0 Å². The molecule has 1 aliphatic heterocycles. The Bertz CT molecular complexity index is 831. The van der Waals surface area contributed by atoms with Gasteiger partial charge in [-0.15, -0.1) is 0 Å². The number of aryl methyl sites for hydroxylation is 1. The zero-order valence-electron chi connectivity index (χ0n) is 15.1. The van der Waals surface area contributed by atoms with Gasteiger partial charge in [0.05, 0.1) is 31.7 Å². The predicted octanol–water partition coefficient (Wildman–Crippen LogP) is 3.25. The van der Waals surface area contributed by atoms with Crippen LogP contribution >= 0.6 is 0 Å². The second kappa shape index (κ2) is 7.76. The molecule has 0 bridgehead atoms. The molecule has 7 heteroatoms. The molecule has 0 unspecified atom stereocenters. The predicted molar refractivity (Wildman–Crippen MR) is 94.3 cm³/mol.